The second-order valence-corrected chi connectivity index (χ2v) is 9.86. The maximum Gasteiger partial charge on any atom is 0.258 e. The topological polar surface area (TPSA) is 70.7 Å². The number of anilines is 2. The van der Waals surface area contributed by atoms with Crippen molar-refractivity contribution in [3.05, 3.63) is 124 Å². The van der Waals surface area contributed by atoms with Crippen LogP contribution in [-0.4, -0.2) is 30.1 Å². The molecule has 0 fully saturated rings. The molecule has 2 N–H and O–H groups in total. The summed E-state index contributed by atoms with van der Waals surface area (Å²) in [4.78, 5) is 27.5. The van der Waals surface area contributed by atoms with Gasteiger partial charge in [0.05, 0.1) is 11.1 Å². The number of hydrogen-bond acceptors (Lipinski definition) is 4. The molecule has 0 aromatic heterocycles. The average Bonchev–Trinajstić information content (AvgIpc) is 2.95. The number of rotatable bonds is 9. The summed E-state index contributed by atoms with van der Waals surface area (Å²) in [5.41, 5.74) is 3.68. The van der Waals surface area contributed by atoms with Crippen LogP contribution in [0.25, 0.3) is 0 Å². The van der Waals surface area contributed by atoms with Crippen LogP contribution in [-0.2, 0) is 6.42 Å². The Morgan fingerprint density at radius 3 is 2.15 bits per heavy atom. The highest BCUT2D eigenvalue weighted by Gasteiger charge is 2.16. The lowest BCUT2D eigenvalue weighted by Gasteiger charge is -2.21. The number of hydrogen-bond donors (Lipinski definition) is 2. The fraction of sp³-hybridized carbons (Fsp3) is 0.129. The van der Waals surface area contributed by atoms with E-state index in [2.05, 4.69) is 38.7 Å². The number of carbonyl (C=O) groups excluding carboxylic acids is 2. The first-order chi connectivity index (χ1) is 18.9. The third-order valence-corrected chi connectivity index (χ3v) is 6.76. The highest BCUT2D eigenvalue weighted by Crippen LogP contribution is 2.26. The van der Waals surface area contributed by atoms with Gasteiger partial charge in [-0.25, -0.2) is 0 Å². The van der Waals surface area contributed by atoms with E-state index in [9.17, 15) is 9.59 Å². The van der Waals surface area contributed by atoms with Crippen LogP contribution in [0, 0.1) is 0 Å². The van der Waals surface area contributed by atoms with Crippen molar-refractivity contribution in [2.24, 2.45) is 0 Å². The van der Waals surface area contributed by atoms with Crippen LogP contribution in [0.5, 0.6) is 5.75 Å². The number of halogens is 1. The quantitative estimate of drug-likeness (QED) is 0.205. The number of nitrogens with zero attached hydrogens (tertiary/aromatic N) is 1. The Balaban J connectivity index is 1.30. The average molecular weight is 603 g/mol. The molecular formula is C31H28BrN3O3S. The van der Waals surface area contributed by atoms with Crippen LogP contribution < -0.4 is 20.3 Å². The molecule has 0 aliphatic carbocycles. The largest absolute Gasteiger partial charge is 0.492 e. The van der Waals surface area contributed by atoms with E-state index in [4.69, 9.17) is 17.0 Å². The van der Waals surface area contributed by atoms with E-state index in [1.165, 1.54) is 5.56 Å². The van der Waals surface area contributed by atoms with E-state index in [1.54, 1.807) is 47.4 Å². The number of ether oxygens (including phenoxy) is 1. The molecular weight excluding hydrogens is 574 g/mol. The summed E-state index contributed by atoms with van der Waals surface area (Å²) in [5.74, 6) is 0.216. The van der Waals surface area contributed by atoms with Crippen LogP contribution in [0.3, 0.4) is 0 Å². The van der Waals surface area contributed by atoms with Crippen LogP contribution in [0.15, 0.2) is 108 Å². The number of carbonyl (C=O) groups is 2. The van der Waals surface area contributed by atoms with Gasteiger partial charge in [-0.05, 0) is 95.2 Å². The number of thiocarbonyl (C=S) groups is 1. The van der Waals surface area contributed by atoms with Crippen molar-refractivity contribution >= 4 is 56.4 Å². The zero-order valence-electron chi connectivity index (χ0n) is 21.4. The Morgan fingerprint density at radius 2 is 1.51 bits per heavy atom. The van der Waals surface area contributed by atoms with Crippen LogP contribution in [0.4, 0.5) is 11.4 Å². The molecule has 0 bridgehead atoms. The highest BCUT2D eigenvalue weighted by molar-refractivity contribution is 9.10. The molecule has 39 heavy (non-hydrogen) atoms. The van der Waals surface area contributed by atoms with Crippen molar-refractivity contribution in [2.75, 3.05) is 23.4 Å². The minimum Gasteiger partial charge on any atom is -0.492 e. The molecule has 2 amide bonds. The second-order valence-electron chi connectivity index (χ2n) is 8.60. The van der Waals surface area contributed by atoms with E-state index in [0.29, 0.717) is 40.2 Å². The maximum atomic E-state index is 13.0. The van der Waals surface area contributed by atoms with Gasteiger partial charge in [-0.1, -0.05) is 48.5 Å². The van der Waals surface area contributed by atoms with Gasteiger partial charge < -0.3 is 15.0 Å². The Labute approximate surface area is 242 Å². The first kappa shape index (κ1) is 28.0. The lowest BCUT2D eigenvalue weighted by molar-refractivity contribution is 0.0973. The Hall–Kier alpha value is -4.01. The lowest BCUT2D eigenvalue weighted by Crippen LogP contribution is -2.34. The predicted molar refractivity (Wildman–Crippen MR) is 164 cm³/mol. The van der Waals surface area contributed by atoms with Crippen LogP contribution >= 0.6 is 28.1 Å². The highest BCUT2D eigenvalue weighted by atomic mass is 79.9. The van der Waals surface area contributed by atoms with Gasteiger partial charge in [-0.3, -0.25) is 14.9 Å². The normalized spacial score (nSPS) is 10.4. The van der Waals surface area contributed by atoms with Gasteiger partial charge in [0.25, 0.3) is 11.8 Å². The molecule has 6 nitrogen and oxygen atoms in total. The Kier molecular flexibility index (Phi) is 9.83. The standard InChI is InChI=1S/C31H28BrN3O3S/c1-2-35(26-11-7-4-8-12-26)30(37)23-13-16-25(17-14-23)33-31(39)34-29(36)24-15-18-28(27(32)21-24)38-20-19-22-9-5-3-6-10-22/h3-18,21H,2,19-20H2,1H3,(H2,33,34,36,39). The molecule has 0 unspecified atom stereocenters. The zero-order valence-corrected chi connectivity index (χ0v) is 23.8. The number of amides is 2. The van der Waals surface area contributed by atoms with E-state index in [-0.39, 0.29) is 16.9 Å². The summed E-state index contributed by atoms with van der Waals surface area (Å²) >= 11 is 8.81. The van der Waals surface area contributed by atoms with Gasteiger partial charge in [0.15, 0.2) is 5.11 Å². The molecule has 0 spiro atoms. The maximum absolute atomic E-state index is 13.0. The van der Waals surface area contributed by atoms with Crippen molar-refractivity contribution in [3.63, 3.8) is 0 Å². The van der Waals surface area contributed by atoms with E-state index >= 15 is 0 Å². The molecule has 0 aliphatic rings. The van der Waals surface area contributed by atoms with Gasteiger partial charge in [-0.15, -0.1) is 0 Å². The van der Waals surface area contributed by atoms with Crippen LogP contribution in [0.1, 0.15) is 33.2 Å². The predicted octanol–water partition coefficient (Wildman–Crippen LogP) is 6.86. The molecule has 4 aromatic rings. The van der Waals surface area contributed by atoms with Crippen molar-refractivity contribution < 1.29 is 14.3 Å². The fourth-order valence-corrected chi connectivity index (χ4v) is 4.63. The Morgan fingerprint density at radius 1 is 0.872 bits per heavy atom. The van der Waals surface area contributed by atoms with Gasteiger partial charge in [0.1, 0.15) is 5.75 Å². The summed E-state index contributed by atoms with van der Waals surface area (Å²) in [5, 5.41) is 5.83. The number of nitrogens with one attached hydrogen (secondary N) is 2. The lowest BCUT2D eigenvalue weighted by atomic mass is 10.1. The summed E-state index contributed by atoms with van der Waals surface area (Å²) in [7, 11) is 0. The number of benzene rings is 4. The molecule has 0 radical (unpaired) electrons. The number of para-hydroxylation sites is 1. The molecule has 0 atom stereocenters. The monoisotopic (exact) mass is 601 g/mol. The molecule has 0 saturated carbocycles. The first-order valence-electron chi connectivity index (χ1n) is 12.5. The summed E-state index contributed by atoms with van der Waals surface area (Å²) in [6.07, 6.45) is 0.786. The third-order valence-electron chi connectivity index (χ3n) is 5.93. The first-order valence-corrected chi connectivity index (χ1v) is 13.7. The smallest absolute Gasteiger partial charge is 0.258 e. The summed E-state index contributed by atoms with van der Waals surface area (Å²) < 4.78 is 6.54. The van der Waals surface area contributed by atoms with Crippen molar-refractivity contribution in [3.8, 4) is 5.75 Å². The van der Waals surface area contributed by atoms with Gasteiger partial charge >= 0.3 is 0 Å². The second kappa shape index (κ2) is 13.7. The van der Waals surface area contributed by atoms with Crippen molar-refractivity contribution in [1.29, 1.82) is 0 Å². The van der Waals surface area contributed by atoms with Gasteiger partial charge in [0, 0.05) is 35.5 Å². The van der Waals surface area contributed by atoms with Crippen LogP contribution in [0.2, 0.25) is 0 Å². The minimum absolute atomic E-state index is 0.0933. The SMILES string of the molecule is CCN(C(=O)c1ccc(NC(=S)NC(=O)c2ccc(OCCc3ccccc3)c(Br)c2)cc1)c1ccccc1. The summed E-state index contributed by atoms with van der Waals surface area (Å²) in [6.45, 7) is 3.01. The van der Waals surface area contributed by atoms with Crippen molar-refractivity contribution in [2.45, 2.75) is 13.3 Å². The molecule has 0 aliphatic heterocycles. The molecule has 8 heteroatoms. The molecule has 0 heterocycles. The Bertz CT molecular complexity index is 1430. The molecule has 0 saturated heterocycles. The van der Waals surface area contributed by atoms with Gasteiger partial charge in [-0.2, -0.15) is 0 Å². The summed E-state index contributed by atoms with van der Waals surface area (Å²) in [6, 6.07) is 31.7. The van der Waals surface area contributed by atoms with E-state index in [0.717, 1.165) is 12.1 Å². The minimum atomic E-state index is -0.350. The van der Waals surface area contributed by atoms with Crippen molar-refractivity contribution in [1.82, 2.24) is 5.32 Å². The molecule has 4 aromatic carbocycles. The third kappa shape index (κ3) is 7.75. The zero-order chi connectivity index (χ0) is 27.6. The molecule has 198 valence electrons. The van der Waals surface area contributed by atoms with E-state index in [1.807, 2.05) is 55.5 Å². The molecule has 4 rings (SSSR count). The fourth-order valence-electron chi connectivity index (χ4n) is 3.92. The van der Waals surface area contributed by atoms with E-state index < -0.39 is 0 Å². The van der Waals surface area contributed by atoms with Gasteiger partial charge in [0.2, 0.25) is 0 Å².